The highest BCUT2D eigenvalue weighted by Gasteiger charge is 2.40. The fraction of sp³-hybridized carbons (Fsp3) is 0.889. The van der Waals surface area contributed by atoms with Gasteiger partial charge in [-0.1, -0.05) is 0 Å². The Kier molecular flexibility index (Phi) is 7.33. The van der Waals surface area contributed by atoms with Gasteiger partial charge in [0.25, 0.3) is 0 Å². The second-order valence-electron chi connectivity index (χ2n) is 3.99. The number of aliphatic carboxylic acids is 1. The molecule has 9 N–H and O–H groups in total. The third-order valence-corrected chi connectivity index (χ3v) is 2.56. The standard InChI is InChI=1S/C9H18O10/c10-1-2(11)3(12)4(13)5(14)6(15)7(16)8(17)9(18)19/h2-8,10-17H,1H2,(H,18,19)/t2-,3-,4+,5+,6+,7+,8+/m1/s1. The van der Waals surface area contributed by atoms with Crippen molar-refractivity contribution in [2.24, 2.45) is 0 Å². The lowest BCUT2D eigenvalue weighted by Gasteiger charge is -2.31. The molecule has 0 aromatic rings. The molecule has 10 nitrogen and oxygen atoms in total. The van der Waals surface area contributed by atoms with E-state index in [1.165, 1.54) is 0 Å². The van der Waals surface area contributed by atoms with Crippen LogP contribution in [-0.4, -0.2) is 101 Å². The van der Waals surface area contributed by atoms with Crippen LogP contribution in [0.15, 0.2) is 0 Å². The third-order valence-electron chi connectivity index (χ3n) is 2.56. The van der Waals surface area contributed by atoms with E-state index < -0.39 is 55.3 Å². The van der Waals surface area contributed by atoms with Crippen molar-refractivity contribution in [2.75, 3.05) is 6.61 Å². The summed E-state index contributed by atoms with van der Waals surface area (Å²) in [4.78, 5) is 10.3. The molecule has 0 amide bonds. The van der Waals surface area contributed by atoms with Crippen LogP contribution in [0.1, 0.15) is 0 Å². The third kappa shape index (κ3) is 4.63. The van der Waals surface area contributed by atoms with Gasteiger partial charge in [0.05, 0.1) is 6.61 Å². The number of aliphatic hydroxyl groups excluding tert-OH is 8. The van der Waals surface area contributed by atoms with Crippen molar-refractivity contribution in [1.29, 1.82) is 0 Å². The molecule has 0 rings (SSSR count). The minimum atomic E-state index is -2.42. The van der Waals surface area contributed by atoms with Gasteiger partial charge < -0.3 is 46.0 Å². The molecule has 0 saturated carbocycles. The van der Waals surface area contributed by atoms with E-state index in [0.717, 1.165) is 0 Å². The maximum absolute atomic E-state index is 10.3. The Morgan fingerprint density at radius 2 is 1.11 bits per heavy atom. The van der Waals surface area contributed by atoms with Crippen LogP contribution in [0.4, 0.5) is 0 Å². The normalized spacial score (nSPS) is 22.9. The average molecular weight is 286 g/mol. The van der Waals surface area contributed by atoms with E-state index in [-0.39, 0.29) is 0 Å². The minimum Gasteiger partial charge on any atom is -0.479 e. The van der Waals surface area contributed by atoms with Crippen molar-refractivity contribution in [3.05, 3.63) is 0 Å². The molecule has 19 heavy (non-hydrogen) atoms. The summed E-state index contributed by atoms with van der Waals surface area (Å²) < 4.78 is 0. The minimum absolute atomic E-state index is 0.943. The van der Waals surface area contributed by atoms with E-state index in [1.807, 2.05) is 0 Å². The molecule has 0 unspecified atom stereocenters. The van der Waals surface area contributed by atoms with Crippen molar-refractivity contribution in [1.82, 2.24) is 0 Å². The van der Waals surface area contributed by atoms with Crippen LogP contribution in [0.2, 0.25) is 0 Å². The zero-order valence-electron chi connectivity index (χ0n) is 9.68. The molecule has 0 aliphatic carbocycles. The number of hydrogen-bond acceptors (Lipinski definition) is 9. The molecule has 0 bridgehead atoms. The lowest BCUT2D eigenvalue weighted by Crippen LogP contribution is -2.55. The molecule has 10 heteroatoms. The predicted octanol–water partition coefficient (Wildman–Crippen LogP) is -5.41. The van der Waals surface area contributed by atoms with Gasteiger partial charge in [0.15, 0.2) is 6.10 Å². The predicted molar refractivity (Wildman–Crippen MR) is 56.8 cm³/mol. The van der Waals surface area contributed by atoms with Gasteiger partial charge >= 0.3 is 5.97 Å². The first-order chi connectivity index (χ1) is 8.64. The van der Waals surface area contributed by atoms with E-state index >= 15 is 0 Å². The lowest BCUT2D eigenvalue weighted by atomic mass is 9.94. The Bertz CT molecular complexity index is 284. The molecule has 0 heterocycles. The summed E-state index contributed by atoms with van der Waals surface area (Å²) in [7, 11) is 0. The van der Waals surface area contributed by atoms with E-state index in [9.17, 15) is 30.3 Å². The molecule has 114 valence electrons. The maximum atomic E-state index is 10.3. The molecule has 0 fully saturated rings. The van der Waals surface area contributed by atoms with Crippen LogP contribution in [-0.2, 0) is 4.79 Å². The summed E-state index contributed by atoms with van der Waals surface area (Å²) in [5.74, 6) is -1.87. The van der Waals surface area contributed by atoms with Crippen LogP contribution in [0.25, 0.3) is 0 Å². The van der Waals surface area contributed by atoms with Gasteiger partial charge in [-0.15, -0.1) is 0 Å². The molecular formula is C9H18O10. The van der Waals surface area contributed by atoms with Crippen molar-refractivity contribution in [2.45, 2.75) is 42.7 Å². The maximum Gasteiger partial charge on any atom is 0.335 e. The molecule has 0 aliphatic rings. The van der Waals surface area contributed by atoms with Gasteiger partial charge in [-0.25, -0.2) is 4.79 Å². The Morgan fingerprint density at radius 3 is 1.47 bits per heavy atom. The average Bonchev–Trinajstić information content (AvgIpc) is 2.40. The highest BCUT2D eigenvalue weighted by Crippen LogP contribution is 2.13. The Labute approximate surface area is 107 Å². The lowest BCUT2D eigenvalue weighted by molar-refractivity contribution is -0.180. The van der Waals surface area contributed by atoms with Crippen molar-refractivity contribution in [3.8, 4) is 0 Å². The SMILES string of the molecule is O=C(O)[C@@H](O)[C@@H](O)[C@@H](O)[C@@H](O)[C@@H](O)[C@H](O)[C@H](O)CO. The van der Waals surface area contributed by atoms with Crippen LogP contribution in [0.5, 0.6) is 0 Å². The smallest absolute Gasteiger partial charge is 0.335 e. The zero-order chi connectivity index (χ0) is 15.3. The summed E-state index contributed by atoms with van der Waals surface area (Å²) in [5, 5.41) is 81.4. The Morgan fingerprint density at radius 1 is 0.737 bits per heavy atom. The van der Waals surface area contributed by atoms with Crippen molar-refractivity contribution in [3.63, 3.8) is 0 Å². The number of aliphatic hydroxyl groups is 8. The van der Waals surface area contributed by atoms with Gasteiger partial charge in [-0.3, -0.25) is 0 Å². The largest absolute Gasteiger partial charge is 0.479 e. The first kappa shape index (κ1) is 18.1. The number of carbonyl (C=O) groups is 1. The van der Waals surface area contributed by atoms with Crippen LogP contribution in [0.3, 0.4) is 0 Å². The van der Waals surface area contributed by atoms with E-state index in [0.29, 0.717) is 0 Å². The van der Waals surface area contributed by atoms with Gasteiger partial charge in [0, 0.05) is 0 Å². The highest BCUT2D eigenvalue weighted by atomic mass is 16.4. The van der Waals surface area contributed by atoms with Gasteiger partial charge in [0.1, 0.15) is 36.6 Å². The second kappa shape index (κ2) is 7.67. The molecule has 0 aliphatic heterocycles. The molecule has 0 aromatic heterocycles. The van der Waals surface area contributed by atoms with Crippen LogP contribution >= 0.6 is 0 Å². The van der Waals surface area contributed by atoms with Crippen molar-refractivity contribution >= 4 is 5.97 Å². The number of hydrogen-bond donors (Lipinski definition) is 9. The molecular weight excluding hydrogens is 268 g/mol. The summed E-state index contributed by atoms with van der Waals surface area (Å²) in [6.07, 6.45) is -15.4. The first-order valence-corrected chi connectivity index (χ1v) is 5.25. The monoisotopic (exact) mass is 286 g/mol. The summed E-state index contributed by atoms with van der Waals surface area (Å²) in [5.41, 5.74) is 0. The van der Waals surface area contributed by atoms with Gasteiger partial charge in [0.2, 0.25) is 0 Å². The van der Waals surface area contributed by atoms with E-state index in [1.54, 1.807) is 0 Å². The number of rotatable bonds is 8. The molecule has 7 atom stereocenters. The van der Waals surface area contributed by atoms with E-state index in [4.69, 9.17) is 20.4 Å². The van der Waals surface area contributed by atoms with Gasteiger partial charge in [-0.05, 0) is 0 Å². The summed E-state index contributed by atoms with van der Waals surface area (Å²) in [6, 6.07) is 0. The van der Waals surface area contributed by atoms with Crippen molar-refractivity contribution < 1.29 is 50.8 Å². The topological polar surface area (TPSA) is 199 Å². The highest BCUT2D eigenvalue weighted by molar-refractivity contribution is 5.72. The second-order valence-corrected chi connectivity index (χ2v) is 3.99. The first-order valence-electron chi connectivity index (χ1n) is 5.25. The molecule has 0 spiro atoms. The molecule has 0 radical (unpaired) electrons. The fourth-order valence-electron chi connectivity index (χ4n) is 1.27. The van der Waals surface area contributed by atoms with Crippen LogP contribution < -0.4 is 0 Å². The molecule has 0 aromatic carbocycles. The fourth-order valence-corrected chi connectivity index (χ4v) is 1.27. The van der Waals surface area contributed by atoms with E-state index in [2.05, 4.69) is 0 Å². The van der Waals surface area contributed by atoms with Gasteiger partial charge in [-0.2, -0.15) is 0 Å². The Hall–Kier alpha value is -0.850. The summed E-state index contributed by atoms with van der Waals surface area (Å²) in [6.45, 7) is -0.943. The number of carboxylic acid groups (broad SMARTS) is 1. The Balaban J connectivity index is 4.71. The number of carboxylic acids is 1. The quantitative estimate of drug-likeness (QED) is 0.207. The van der Waals surface area contributed by atoms with Crippen LogP contribution in [0, 0.1) is 0 Å². The zero-order valence-corrected chi connectivity index (χ0v) is 9.68. The summed E-state index contributed by atoms with van der Waals surface area (Å²) >= 11 is 0. The molecule has 0 saturated heterocycles.